The van der Waals surface area contributed by atoms with E-state index < -0.39 is 11.7 Å². The van der Waals surface area contributed by atoms with E-state index in [1.165, 1.54) is 12.1 Å². The Balaban J connectivity index is 1.98. The van der Waals surface area contributed by atoms with Gasteiger partial charge in [-0.3, -0.25) is 9.67 Å². The van der Waals surface area contributed by atoms with Crippen LogP contribution in [0.2, 0.25) is 0 Å². The topological polar surface area (TPSA) is 30.7 Å². The Kier molecular flexibility index (Phi) is 4.32. The van der Waals surface area contributed by atoms with Gasteiger partial charge in [-0.15, -0.1) is 0 Å². The summed E-state index contributed by atoms with van der Waals surface area (Å²) < 4.78 is 39.8. The molecular weight excluding hydrogens is 327 g/mol. The Hall–Kier alpha value is -3.07. The molecule has 1 aromatic carbocycles. The van der Waals surface area contributed by atoms with Gasteiger partial charge in [-0.05, 0) is 31.2 Å². The van der Waals surface area contributed by atoms with E-state index in [1.54, 1.807) is 30.2 Å². The normalized spacial score (nSPS) is 11.1. The summed E-state index contributed by atoms with van der Waals surface area (Å²) in [5.74, 6) is 6.08. The summed E-state index contributed by atoms with van der Waals surface area (Å²) in [6, 6.07) is 8.65. The second kappa shape index (κ2) is 6.44. The first-order valence-electron chi connectivity index (χ1n) is 7.49. The highest BCUT2D eigenvalue weighted by Crippen LogP contribution is 2.31. The lowest BCUT2D eigenvalue weighted by atomic mass is 10.1. The molecule has 0 aliphatic rings. The largest absolute Gasteiger partial charge is 0.416 e. The fraction of sp³-hybridized carbons (Fsp3) is 0.158. The molecule has 0 amide bonds. The molecular formula is C19H14F3N3. The van der Waals surface area contributed by atoms with Crippen LogP contribution in [0.5, 0.6) is 0 Å². The number of pyridine rings is 1. The number of halogens is 3. The summed E-state index contributed by atoms with van der Waals surface area (Å²) in [5.41, 5.74) is 2.95. The van der Waals surface area contributed by atoms with Crippen LogP contribution in [-0.2, 0) is 13.2 Å². The molecule has 0 aliphatic heterocycles. The van der Waals surface area contributed by atoms with E-state index in [9.17, 15) is 13.2 Å². The van der Waals surface area contributed by atoms with Crippen molar-refractivity contribution in [3.05, 3.63) is 71.2 Å². The minimum atomic E-state index is -4.35. The standard InChI is InChI=1S/C19H14F3N3/c1-13-11-14(9-10-23-13)3-4-16-12-24-25(2)18(16)15-5-7-17(8-6-15)19(20,21)22/h5-12H,1-2H3. The molecule has 25 heavy (non-hydrogen) atoms. The van der Waals surface area contributed by atoms with Crippen LogP contribution in [-0.4, -0.2) is 14.8 Å². The number of nitrogens with zero attached hydrogens (tertiary/aromatic N) is 3. The summed E-state index contributed by atoms with van der Waals surface area (Å²) in [5, 5.41) is 4.17. The van der Waals surface area contributed by atoms with Crippen molar-refractivity contribution in [2.75, 3.05) is 0 Å². The zero-order valence-corrected chi connectivity index (χ0v) is 13.6. The van der Waals surface area contributed by atoms with Crippen LogP contribution in [0.25, 0.3) is 11.3 Å². The first-order valence-corrected chi connectivity index (χ1v) is 7.49. The van der Waals surface area contributed by atoms with Gasteiger partial charge in [-0.2, -0.15) is 18.3 Å². The smallest absolute Gasteiger partial charge is 0.267 e. The van der Waals surface area contributed by atoms with Gasteiger partial charge >= 0.3 is 6.18 Å². The Bertz CT molecular complexity index is 958. The number of aryl methyl sites for hydroxylation is 2. The van der Waals surface area contributed by atoms with Gasteiger partial charge in [0.15, 0.2) is 0 Å². The van der Waals surface area contributed by atoms with Gasteiger partial charge in [0.25, 0.3) is 0 Å². The quantitative estimate of drug-likeness (QED) is 0.621. The summed E-state index contributed by atoms with van der Waals surface area (Å²) >= 11 is 0. The van der Waals surface area contributed by atoms with Gasteiger partial charge in [-0.1, -0.05) is 24.0 Å². The summed E-state index contributed by atoms with van der Waals surface area (Å²) in [7, 11) is 1.73. The first-order chi connectivity index (χ1) is 11.8. The van der Waals surface area contributed by atoms with Crippen LogP contribution in [0.4, 0.5) is 13.2 Å². The molecule has 3 nitrogen and oxygen atoms in total. The maximum absolute atomic E-state index is 12.7. The van der Waals surface area contributed by atoms with Crippen LogP contribution >= 0.6 is 0 Å². The van der Waals surface area contributed by atoms with Gasteiger partial charge in [0.05, 0.1) is 23.0 Å². The molecule has 0 spiro atoms. The van der Waals surface area contributed by atoms with Gasteiger partial charge in [0.2, 0.25) is 0 Å². The van der Waals surface area contributed by atoms with E-state index in [-0.39, 0.29) is 0 Å². The first kappa shape index (κ1) is 16.8. The Morgan fingerprint density at radius 2 is 1.76 bits per heavy atom. The third-order valence-electron chi connectivity index (χ3n) is 3.66. The van der Waals surface area contributed by atoms with Gasteiger partial charge in [-0.25, -0.2) is 0 Å². The second-order valence-electron chi connectivity index (χ2n) is 5.54. The van der Waals surface area contributed by atoms with E-state index in [2.05, 4.69) is 21.9 Å². The molecule has 0 atom stereocenters. The molecule has 0 unspecified atom stereocenters. The van der Waals surface area contributed by atoms with Crippen molar-refractivity contribution in [3.63, 3.8) is 0 Å². The van der Waals surface area contributed by atoms with E-state index in [0.29, 0.717) is 16.8 Å². The lowest BCUT2D eigenvalue weighted by Gasteiger charge is -2.08. The predicted octanol–water partition coefficient (Wildman–Crippen LogP) is 4.21. The van der Waals surface area contributed by atoms with Crippen molar-refractivity contribution >= 4 is 0 Å². The lowest BCUT2D eigenvalue weighted by Crippen LogP contribution is -2.04. The average Bonchev–Trinajstić information content (AvgIpc) is 2.93. The molecule has 0 N–H and O–H groups in total. The van der Waals surface area contributed by atoms with E-state index in [4.69, 9.17) is 0 Å². The van der Waals surface area contributed by atoms with Crippen molar-refractivity contribution < 1.29 is 13.2 Å². The number of aromatic nitrogens is 3. The van der Waals surface area contributed by atoms with Crippen molar-refractivity contribution in [3.8, 4) is 23.1 Å². The monoisotopic (exact) mass is 341 g/mol. The van der Waals surface area contributed by atoms with Crippen molar-refractivity contribution in [1.29, 1.82) is 0 Å². The highest BCUT2D eigenvalue weighted by molar-refractivity contribution is 5.68. The maximum atomic E-state index is 12.7. The van der Waals surface area contributed by atoms with Gasteiger partial charge < -0.3 is 0 Å². The number of hydrogen-bond acceptors (Lipinski definition) is 2. The Morgan fingerprint density at radius 1 is 1.04 bits per heavy atom. The van der Waals surface area contributed by atoms with Crippen molar-refractivity contribution in [1.82, 2.24) is 14.8 Å². The molecule has 2 heterocycles. The predicted molar refractivity (Wildman–Crippen MR) is 88.6 cm³/mol. The van der Waals surface area contributed by atoms with E-state index in [0.717, 1.165) is 23.4 Å². The highest BCUT2D eigenvalue weighted by Gasteiger charge is 2.30. The third kappa shape index (κ3) is 3.72. The zero-order valence-electron chi connectivity index (χ0n) is 13.6. The molecule has 0 saturated carbocycles. The molecule has 0 radical (unpaired) electrons. The lowest BCUT2D eigenvalue weighted by molar-refractivity contribution is -0.137. The van der Waals surface area contributed by atoms with Gasteiger partial charge in [0, 0.05) is 30.1 Å². The molecule has 0 aliphatic carbocycles. The highest BCUT2D eigenvalue weighted by atomic mass is 19.4. The molecule has 0 fully saturated rings. The second-order valence-corrected chi connectivity index (χ2v) is 5.54. The van der Waals surface area contributed by atoms with E-state index >= 15 is 0 Å². The fourth-order valence-corrected chi connectivity index (χ4v) is 2.45. The number of hydrogen-bond donors (Lipinski definition) is 0. The molecule has 0 saturated heterocycles. The van der Waals surface area contributed by atoms with E-state index in [1.807, 2.05) is 13.0 Å². The summed E-state index contributed by atoms with van der Waals surface area (Å²) in [6.45, 7) is 1.88. The zero-order chi connectivity index (χ0) is 18.0. The average molecular weight is 341 g/mol. The summed E-state index contributed by atoms with van der Waals surface area (Å²) in [4.78, 5) is 4.12. The minimum Gasteiger partial charge on any atom is -0.267 e. The number of benzene rings is 1. The number of rotatable bonds is 1. The number of alkyl halides is 3. The van der Waals surface area contributed by atoms with Crippen LogP contribution in [0, 0.1) is 18.8 Å². The molecule has 2 aromatic heterocycles. The van der Waals surface area contributed by atoms with Crippen molar-refractivity contribution in [2.24, 2.45) is 7.05 Å². The van der Waals surface area contributed by atoms with Crippen LogP contribution in [0.15, 0.2) is 48.8 Å². The third-order valence-corrected chi connectivity index (χ3v) is 3.66. The van der Waals surface area contributed by atoms with Crippen LogP contribution in [0.1, 0.15) is 22.4 Å². The maximum Gasteiger partial charge on any atom is 0.416 e. The molecule has 0 bridgehead atoms. The Labute approximate surface area is 143 Å². The summed E-state index contributed by atoms with van der Waals surface area (Å²) in [6.07, 6.45) is -1.07. The molecule has 126 valence electrons. The van der Waals surface area contributed by atoms with Gasteiger partial charge in [0.1, 0.15) is 0 Å². The molecule has 6 heteroatoms. The minimum absolute atomic E-state index is 0.628. The van der Waals surface area contributed by atoms with Crippen molar-refractivity contribution in [2.45, 2.75) is 13.1 Å². The van der Waals surface area contributed by atoms with Crippen LogP contribution < -0.4 is 0 Å². The molecule has 3 aromatic rings. The SMILES string of the molecule is Cc1cc(C#Cc2cnn(C)c2-c2ccc(C(F)(F)F)cc2)ccn1. The Morgan fingerprint density at radius 3 is 2.40 bits per heavy atom. The molecule has 3 rings (SSSR count). The van der Waals surface area contributed by atoms with Crippen LogP contribution in [0.3, 0.4) is 0 Å². The fourth-order valence-electron chi connectivity index (χ4n) is 2.45.